The fraction of sp³-hybridized carbons (Fsp3) is 0. The van der Waals surface area contributed by atoms with E-state index in [1.807, 2.05) is 5.43 Å². The predicted molar refractivity (Wildman–Crippen MR) is 41.5 cm³/mol. The maximum absolute atomic E-state index is 10.8. The summed E-state index contributed by atoms with van der Waals surface area (Å²) in [6.07, 6.45) is 0. The molecule has 3 heteroatoms. The summed E-state index contributed by atoms with van der Waals surface area (Å²) in [5.74, 6) is 4.60. The maximum Gasteiger partial charge on any atom is 0.265 e. The molecule has 1 amide bonds. The molecule has 1 rings (SSSR count). The van der Waals surface area contributed by atoms with E-state index in [4.69, 9.17) is 12.8 Å². The van der Waals surface area contributed by atoms with Crippen molar-refractivity contribution in [2.45, 2.75) is 0 Å². The van der Waals surface area contributed by atoms with Crippen LogP contribution < -0.4 is 11.3 Å². The average Bonchev–Trinajstić information content (AvgIpc) is 2.05. The first-order valence-electron chi connectivity index (χ1n) is 3.10. The minimum atomic E-state index is -0.315. The van der Waals surface area contributed by atoms with Crippen LogP contribution in [0.15, 0.2) is 24.3 Å². The molecule has 2 radical (unpaired) electrons. The van der Waals surface area contributed by atoms with E-state index in [9.17, 15) is 4.79 Å². The SMILES string of the molecule is [CH]c1ccc(C(=O)NN)cc1. The zero-order chi connectivity index (χ0) is 8.27. The van der Waals surface area contributed by atoms with Crippen LogP contribution in [0.4, 0.5) is 0 Å². The van der Waals surface area contributed by atoms with E-state index in [2.05, 4.69) is 0 Å². The summed E-state index contributed by atoms with van der Waals surface area (Å²) in [4.78, 5) is 10.8. The summed E-state index contributed by atoms with van der Waals surface area (Å²) >= 11 is 0. The lowest BCUT2D eigenvalue weighted by Gasteiger charge is -1.98. The molecule has 0 bridgehead atoms. The van der Waals surface area contributed by atoms with Crippen LogP contribution in [0.5, 0.6) is 0 Å². The van der Waals surface area contributed by atoms with Crippen molar-refractivity contribution in [2.75, 3.05) is 0 Å². The first-order chi connectivity index (χ1) is 5.24. The Labute approximate surface area is 65.2 Å². The highest BCUT2D eigenvalue weighted by Gasteiger charge is 2.00. The van der Waals surface area contributed by atoms with E-state index < -0.39 is 0 Å². The number of nitrogens with two attached hydrogens (primary N) is 1. The summed E-state index contributed by atoms with van der Waals surface area (Å²) in [5, 5.41) is 0. The lowest BCUT2D eigenvalue weighted by molar-refractivity contribution is 0.0953. The van der Waals surface area contributed by atoms with Crippen molar-refractivity contribution >= 4 is 5.91 Å². The van der Waals surface area contributed by atoms with E-state index in [1.165, 1.54) is 0 Å². The van der Waals surface area contributed by atoms with Gasteiger partial charge >= 0.3 is 0 Å². The van der Waals surface area contributed by atoms with Crippen molar-refractivity contribution in [2.24, 2.45) is 5.84 Å². The molecule has 11 heavy (non-hydrogen) atoms. The lowest BCUT2D eigenvalue weighted by Crippen LogP contribution is -2.29. The third-order valence-electron chi connectivity index (χ3n) is 1.30. The molecule has 56 valence electrons. The molecule has 0 aliphatic rings. The number of nitrogen functional groups attached to an aromatic ring is 1. The molecule has 0 unspecified atom stereocenters. The molecule has 0 heterocycles. The van der Waals surface area contributed by atoms with Crippen molar-refractivity contribution in [3.05, 3.63) is 42.3 Å². The summed E-state index contributed by atoms with van der Waals surface area (Å²) < 4.78 is 0. The Morgan fingerprint density at radius 1 is 1.36 bits per heavy atom. The second-order valence-electron chi connectivity index (χ2n) is 2.10. The van der Waals surface area contributed by atoms with Gasteiger partial charge in [-0.25, -0.2) is 5.84 Å². The minimum Gasteiger partial charge on any atom is -0.290 e. The third kappa shape index (κ3) is 1.78. The Kier molecular flexibility index (Phi) is 2.23. The zero-order valence-corrected chi connectivity index (χ0v) is 5.87. The number of benzene rings is 1. The standard InChI is InChI=1S/C8H8N2O/c1-6-2-4-7(5-3-6)8(11)10-9/h1-5H,9H2,(H,10,11). The Bertz CT molecular complexity index is 253. The van der Waals surface area contributed by atoms with Crippen molar-refractivity contribution in [1.82, 2.24) is 5.43 Å². The van der Waals surface area contributed by atoms with Crippen LogP contribution in [-0.4, -0.2) is 5.91 Å². The van der Waals surface area contributed by atoms with E-state index in [-0.39, 0.29) is 5.91 Å². The van der Waals surface area contributed by atoms with Crippen molar-refractivity contribution in [3.63, 3.8) is 0 Å². The lowest BCUT2D eigenvalue weighted by atomic mass is 10.1. The fourth-order valence-corrected chi connectivity index (χ4v) is 0.718. The zero-order valence-electron chi connectivity index (χ0n) is 5.87. The van der Waals surface area contributed by atoms with Gasteiger partial charge in [-0.2, -0.15) is 0 Å². The summed E-state index contributed by atoms with van der Waals surface area (Å²) in [7, 11) is 0. The molecular weight excluding hydrogens is 140 g/mol. The molecule has 1 aromatic carbocycles. The number of hydrogen-bond acceptors (Lipinski definition) is 2. The number of amides is 1. The van der Waals surface area contributed by atoms with E-state index in [1.54, 1.807) is 24.3 Å². The molecule has 3 nitrogen and oxygen atoms in total. The van der Waals surface area contributed by atoms with Gasteiger partial charge in [0, 0.05) is 5.56 Å². The predicted octanol–water partition coefficient (Wildman–Crippen LogP) is 0.349. The van der Waals surface area contributed by atoms with Gasteiger partial charge in [0.05, 0.1) is 0 Å². The Hall–Kier alpha value is -1.35. The van der Waals surface area contributed by atoms with Gasteiger partial charge in [0.15, 0.2) is 0 Å². The minimum absolute atomic E-state index is 0.315. The molecule has 0 aromatic heterocycles. The maximum atomic E-state index is 10.8. The van der Waals surface area contributed by atoms with E-state index in [0.717, 1.165) is 0 Å². The van der Waals surface area contributed by atoms with Gasteiger partial charge in [-0.05, 0) is 24.6 Å². The van der Waals surface area contributed by atoms with Crippen molar-refractivity contribution in [3.8, 4) is 0 Å². The molecule has 1 aromatic rings. The highest BCUT2D eigenvalue weighted by molar-refractivity contribution is 5.93. The second kappa shape index (κ2) is 3.16. The molecule has 0 saturated carbocycles. The van der Waals surface area contributed by atoms with Crippen LogP contribution in [0, 0.1) is 6.92 Å². The summed E-state index contributed by atoms with van der Waals surface area (Å²) in [6.45, 7) is 5.41. The molecule has 0 atom stereocenters. The highest BCUT2D eigenvalue weighted by Crippen LogP contribution is 2.01. The molecule has 0 saturated heterocycles. The summed E-state index contributed by atoms with van der Waals surface area (Å²) in [5.41, 5.74) is 3.15. The largest absolute Gasteiger partial charge is 0.290 e. The average molecular weight is 148 g/mol. The van der Waals surface area contributed by atoms with Crippen LogP contribution in [0.2, 0.25) is 0 Å². The normalized spacial score (nSPS) is 9.27. The molecule has 0 fully saturated rings. The van der Waals surface area contributed by atoms with E-state index in [0.29, 0.717) is 11.1 Å². The first-order valence-corrected chi connectivity index (χ1v) is 3.10. The Morgan fingerprint density at radius 3 is 2.36 bits per heavy atom. The molecule has 0 aliphatic heterocycles. The second-order valence-corrected chi connectivity index (χ2v) is 2.10. The molecule has 0 spiro atoms. The van der Waals surface area contributed by atoms with Crippen LogP contribution >= 0.6 is 0 Å². The quantitative estimate of drug-likeness (QED) is 0.343. The monoisotopic (exact) mass is 148 g/mol. The van der Waals surface area contributed by atoms with Crippen molar-refractivity contribution < 1.29 is 4.79 Å². The third-order valence-corrected chi connectivity index (χ3v) is 1.30. The van der Waals surface area contributed by atoms with Crippen molar-refractivity contribution in [1.29, 1.82) is 0 Å². The molecular formula is C8H8N2O. The van der Waals surface area contributed by atoms with Gasteiger partial charge in [-0.3, -0.25) is 10.2 Å². The number of nitrogens with one attached hydrogen (secondary N) is 1. The van der Waals surface area contributed by atoms with Gasteiger partial charge in [0.2, 0.25) is 0 Å². The number of carbonyl (C=O) groups excluding carboxylic acids is 1. The number of hydrogen-bond donors (Lipinski definition) is 2. The van der Waals surface area contributed by atoms with Gasteiger partial charge in [0.1, 0.15) is 0 Å². The smallest absolute Gasteiger partial charge is 0.265 e. The van der Waals surface area contributed by atoms with Gasteiger partial charge in [-0.1, -0.05) is 12.1 Å². The van der Waals surface area contributed by atoms with Crippen LogP contribution in [0.25, 0.3) is 0 Å². The van der Waals surface area contributed by atoms with Crippen LogP contribution in [0.1, 0.15) is 15.9 Å². The van der Waals surface area contributed by atoms with Gasteiger partial charge in [-0.15, -0.1) is 0 Å². The molecule has 3 N–H and O–H groups in total. The first kappa shape index (κ1) is 7.75. The number of rotatable bonds is 1. The van der Waals surface area contributed by atoms with Gasteiger partial charge in [0.25, 0.3) is 5.91 Å². The topological polar surface area (TPSA) is 55.1 Å². The van der Waals surface area contributed by atoms with E-state index >= 15 is 0 Å². The number of hydrazine groups is 1. The number of carbonyl (C=O) groups is 1. The fourth-order valence-electron chi connectivity index (χ4n) is 0.718. The van der Waals surface area contributed by atoms with Crippen LogP contribution in [-0.2, 0) is 0 Å². The highest BCUT2D eigenvalue weighted by atomic mass is 16.2. The Morgan fingerprint density at radius 2 is 1.91 bits per heavy atom. The Balaban J connectivity index is 2.90. The van der Waals surface area contributed by atoms with Crippen LogP contribution in [0.3, 0.4) is 0 Å². The summed E-state index contributed by atoms with van der Waals surface area (Å²) in [6, 6.07) is 6.50. The molecule has 0 aliphatic carbocycles. The van der Waals surface area contributed by atoms with Gasteiger partial charge < -0.3 is 0 Å².